The van der Waals surface area contributed by atoms with Gasteiger partial charge in [-0.2, -0.15) is 0 Å². The van der Waals surface area contributed by atoms with Gasteiger partial charge in [0.1, 0.15) is 16.7 Å². The van der Waals surface area contributed by atoms with Crippen molar-refractivity contribution in [3.8, 4) is 0 Å². The van der Waals surface area contributed by atoms with Crippen molar-refractivity contribution < 1.29 is 9.53 Å². The molecule has 1 unspecified atom stereocenters. The lowest BCUT2D eigenvalue weighted by atomic mass is 9.90. The predicted octanol–water partition coefficient (Wildman–Crippen LogP) is 0.897. The minimum atomic E-state index is -0.112. The van der Waals surface area contributed by atoms with E-state index in [0.717, 1.165) is 43.6 Å². The zero-order valence-electron chi connectivity index (χ0n) is 14.5. The highest BCUT2D eigenvalue weighted by Gasteiger charge is 2.51. The number of likely N-dealkylation sites (N-methyl/N-ethyl adjacent to an activating group) is 1. The Morgan fingerprint density at radius 1 is 1.42 bits per heavy atom. The van der Waals surface area contributed by atoms with Gasteiger partial charge in [0.25, 0.3) is 0 Å². The minimum absolute atomic E-state index is 0.0881. The van der Waals surface area contributed by atoms with E-state index in [0.29, 0.717) is 6.61 Å². The number of likely N-dealkylation sites (tertiary alicyclic amines) is 1. The summed E-state index contributed by atoms with van der Waals surface area (Å²) in [6.07, 6.45) is 4.48. The molecule has 6 nitrogen and oxygen atoms in total. The smallest absolute Gasteiger partial charge is 0.241 e. The summed E-state index contributed by atoms with van der Waals surface area (Å²) in [5, 5.41) is 3.19. The van der Waals surface area contributed by atoms with Gasteiger partial charge in [0.05, 0.1) is 13.2 Å². The molecule has 3 aliphatic rings. The van der Waals surface area contributed by atoms with Crippen LogP contribution in [0.5, 0.6) is 0 Å². The van der Waals surface area contributed by atoms with Gasteiger partial charge in [-0.15, -0.1) is 11.3 Å². The molecule has 4 rings (SSSR count). The van der Waals surface area contributed by atoms with Gasteiger partial charge in [0.2, 0.25) is 5.91 Å². The summed E-state index contributed by atoms with van der Waals surface area (Å²) in [5.41, 5.74) is -0.0881. The quantitative estimate of drug-likeness (QED) is 0.790. The number of carbonyl (C=O) groups is 1. The number of morpholine rings is 1. The Labute approximate surface area is 147 Å². The van der Waals surface area contributed by atoms with Crippen LogP contribution in [0.3, 0.4) is 0 Å². The fraction of sp³-hybridized carbons (Fsp3) is 0.765. The van der Waals surface area contributed by atoms with Gasteiger partial charge in [-0.1, -0.05) is 0 Å². The SMILES string of the molecule is CN(C)C(=O)C1COC2(CN(Cc3nccs3)C2)CN1CC1CC1. The second-order valence-corrected chi connectivity index (χ2v) is 8.67. The van der Waals surface area contributed by atoms with Gasteiger partial charge in [-0.25, -0.2) is 4.98 Å². The van der Waals surface area contributed by atoms with E-state index in [4.69, 9.17) is 4.74 Å². The van der Waals surface area contributed by atoms with Crippen molar-refractivity contribution in [3.63, 3.8) is 0 Å². The predicted molar refractivity (Wildman–Crippen MR) is 92.9 cm³/mol. The molecule has 0 bridgehead atoms. The summed E-state index contributed by atoms with van der Waals surface area (Å²) in [5.74, 6) is 0.952. The number of amides is 1. The third kappa shape index (κ3) is 3.35. The van der Waals surface area contributed by atoms with Crippen LogP contribution >= 0.6 is 11.3 Å². The van der Waals surface area contributed by atoms with Crippen molar-refractivity contribution in [2.45, 2.75) is 31.0 Å². The van der Waals surface area contributed by atoms with E-state index in [1.165, 1.54) is 12.8 Å². The van der Waals surface area contributed by atoms with Crippen molar-refractivity contribution >= 4 is 17.2 Å². The van der Waals surface area contributed by atoms with Crippen molar-refractivity contribution in [2.24, 2.45) is 5.92 Å². The van der Waals surface area contributed by atoms with Crippen LogP contribution in [0.1, 0.15) is 17.8 Å². The van der Waals surface area contributed by atoms with Crippen LogP contribution in [-0.2, 0) is 16.1 Å². The Morgan fingerprint density at radius 2 is 2.21 bits per heavy atom. The summed E-state index contributed by atoms with van der Waals surface area (Å²) < 4.78 is 6.22. The van der Waals surface area contributed by atoms with Crippen LogP contribution in [0.25, 0.3) is 0 Å². The highest BCUT2D eigenvalue weighted by molar-refractivity contribution is 7.09. The molecule has 1 saturated carbocycles. The third-order valence-electron chi connectivity index (χ3n) is 5.26. The van der Waals surface area contributed by atoms with Gasteiger partial charge in [0, 0.05) is 51.9 Å². The molecule has 1 spiro atoms. The molecule has 2 aliphatic heterocycles. The molecule has 0 aromatic carbocycles. The molecule has 1 aliphatic carbocycles. The number of thiazole rings is 1. The number of nitrogens with zero attached hydrogens (tertiary/aromatic N) is 4. The Hall–Kier alpha value is -1.02. The maximum absolute atomic E-state index is 12.5. The molecule has 1 aromatic heterocycles. The molecule has 1 aromatic rings. The molecular formula is C17H26N4O2S. The lowest BCUT2D eigenvalue weighted by Gasteiger charge is -2.55. The van der Waals surface area contributed by atoms with Crippen molar-refractivity contribution in [1.29, 1.82) is 0 Å². The van der Waals surface area contributed by atoms with E-state index >= 15 is 0 Å². The Kier molecular flexibility index (Phi) is 4.36. The second kappa shape index (κ2) is 6.37. The molecule has 2 saturated heterocycles. The topological polar surface area (TPSA) is 48.9 Å². The number of hydrogen-bond donors (Lipinski definition) is 0. The number of aromatic nitrogens is 1. The van der Waals surface area contributed by atoms with Crippen LogP contribution in [0.15, 0.2) is 11.6 Å². The summed E-state index contributed by atoms with van der Waals surface area (Å²) in [6.45, 7) is 5.23. The maximum atomic E-state index is 12.5. The first-order valence-electron chi connectivity index (χ1n) is 8.75. The van der Waals surface area contributed by atoms with Gasteiger partial charge in [-0.05, 0) is 18.8 Å². The Balaban J connectivity index is 1.37. The van der Waals surface area contributed by atoms with E-state index in [-0.39, 0.29) is 17.6 Å². The van der Waals surface area contributed by atoms with Crippen LogP contribution in [0.2, 0.25) is 0 Å². The van der Waals surface area contributed by atoms with Crippen molar-refractivity contribution in [2.75, 3.05) is 46.9 Å². The first kappa shape index (κ1) is 16.4. The summed E-state index contributed by atoms with van der Waals surface area (Å²) in [4.78, 5) is 23.3. The first-order valence-corrected chi connectivity index (χ1v) is 9.62. The van der Waals surface area contributed by atoms with Crippen molar-refractivity contribution in [3.05, 3.63) is 16.6 Å². The summed E-state index contributed by atoms with van der Waals surface area (Å²) in [6, 6.07) is -0.112. The highest BCUT2D eigenvalue weighted by atomic mass is 32.1. The Bertz CT molecular complexity index is 581. The fourth-order valence-corrected chi connectivity index (χ4v) is 4.49. The van der Waals surface area contributed by atoms with Gasteiger partial charge >= 0.3 is 0 Å². The molecule has 0 radical (unpaired) electrons. The average molecular weight is 350 g/mol. The summed E-state index contributed by atoms with van der Waals surface area (Å²) in [7, 11) is 3.67. The van der Waals surface area contributed by atoms with E-state index in [9.17, 15) is 4.79 Å². The molecular weight excluding hydrogens is 324 g/mol. The van der Waals surface area contributed by atoms with E-state index in [1.807, 2.05) is 25.7 Å². The molecule has 1 amide bonds. The first-order chi connectivity index (χ1) is 11.5. The largest absolute Gasteiger partial charge is 0.369 e. The standard InChI is InChI=1S/C17H26N4O2S/c1-19(2)16(22)14-9-23-17(12-21(14)7-13-3-4-13)10-20(11-17)8-15-18-5-6-24-15/h5-6,13-14H,3-4,7-12H2,1-2H3. The number of hydrogen-bond acceptors (Lipinski definition) is 6. The van der Waals surface area contributed by atoms with Crippen LogP contribution in [0, 0.1) is 5.92 Å². The van der Waals surface area contributed by atoms with Crippen molar-refractivity contribution in [1.82, 2.24) is 19.7 Å². The van der Waals surface area contributed by atoms with Crippen LogP contribution < -0.4 is 0 Å². The van der Waals surface area contributed by atoms with Gasteiger partial charge in [0.15, 0.2) is 0 Å². The zero-order chi connectivity index (χ0) is 16.7. The minimum Gasteiger partial charge on any atom is -0.369 e. The average Bonchev–Trinajstić information content (AvgIpc) is 3.18. The number of carbonyl (C=O) groups excluding carboxylic acids is 1. The maximum Gasteiger partial charge on any atom is 0.241 e. The highest BCUT2D eigenvalue weighted by Crippen LogP contribution is 2.36. The lowest BCUT2D eigenvalue weighted by molar-refractivity contribution is -0.205. The molecule has 7 heteroatoms. The van der Waals surface area contributed by atoms with Crippen LogP contribution in [-0.4, -0.2) is 84.1 Å². The second-order valence-electron chi connectivity index (χ2n) is 7.69. The molecule has 0 N–H and O–H groups in total. The Morgan fingerprint density at radius 3 is 2.83 bits per heavy atom. The zero-order valence-corrected chi connectivity index (χ0v) is 15.3. The molecule has 132 valence electrons. The number of rotatable bonds is 5. The van der Waals surface area contributed by atoms with E-state index in [2.05, 4.69) is 14.8 Å². The number of ether oxygens (including phenoxy) is 1. The molecule has 1 atom stereocenters. The fourth-order valence-electron chi connectivity index (χ4n) is 3.83. The molecule has 3 heterocycles. The molecule has 24 heavy (non-hydrogen) atoms. The van der Waals surface area contributed by atoms with E-state index in [1.54, 1.807) is 16.2 Å². The molecule has 3 fully saturated rings. The van der Waals surface area contributed by atoms with E-state index < -0.39 is 0 Å². The van der Waals surface area contributed by atoms with Crippen LogP contribution in [0.4, 0.5) is 0 Å². The summed E-state index contributed by atoms with van der Waals surface area (Å²) >= 11 is 1.71. The monoisotopic (exact) mass is 350 g/mol. The van der Waals surface area contributed by atoms with Gasteiger partial charge < -0.3 is 9.64 Å². The normalized spacial score (nSPS) is 27.2. The third-order valence-corrected chi connectivity index (χ3v) is 6.03. The van der Waals surface area contributed by atoms with Gasteiger partial charge in [-0.3, -0.25) is 14.6 Å². The lowest BCUT2D eigenvalue weighted by Crippen LogP contribution is -2.72.